The molecule has 1 aromatic carbocycles. The quantitative estimate of drug-likeness (QED) is 0.723. The number of primary amides is 1. The van der Waals surface area contributed by atoms with E-state index in [4.69, 9.17) is 5.73 Å². The highest BCUT2D eigenvalue weighted by molar-refractivity contribution is 7.89. The van der Waals surface area contributed by atoms with Gasteiger partial charge in [0.15, 0.2) is 0 Å². The Bertz CT molecular complexity index is 609. The van der Waals surface area contributed by atoms with Crippen LogP contribution in [0.25, 0.3) is 0 Å². The second kappa shape index (κ2) is 8.45. The van der Waals surface area contributed by atoms with E-state index in [-0.39, 0.29) is 10.8 Å². The molecule has 5 nitrogen and oxygen atoms in total. The molecule has 0 aliphatic carbocycles. The van der Waals surface area contributed by atoms with Crippen LogP contribution >= 0.6 is 0 Å². The lowest BCUT2D eigenvalue weighted by atomic mass is 10.00. The molecule has 1 amide bonds. The van der Waals surface area contributed by atoms with E-state index in [1.807, 2.05) is 19.1 Å². The van der Waals surface area contributed by atoms with Gasteiger partial charge in [-0.25, -0.2) is 8.42 Å². The van der Waals surface area contributed by atoms with Gasteiger partial charge in [0.25, 0.3) is 0 Å². The van der Waals surface area contributed by atoms with Gasteiger partial charge < -0.3 is 5.73 Å². The minimum Gasteiger partial charge on any atom is -0.368 e. The molecular formula is C17H28N2O3S. The normalized spacial score (nSPS) is 14.7. The fourth-order valence-corrected chi connectivity index (χ4v) is 3.53. The van der Waals surface area contributed by atoms with E-state index in [2.05, 4.69) is 18.6 Å². The second-order valence-corrected chi connectivity index (χ2v) is 8.18. The monoisotopic (exact) mass is 340 g/mol. The van der Waals surface area contributed by atoms with Crippen molar-refractivity contribution in [1.29, 1.82) is 0 Å². The Morgan fingerprint density at radius 1 is 1.17 bits per heavy atom. The molecule has 1 rings (SSSR count). The molecule has 0 saturated carbocycles. The maximum absolute atomic E-state index is 12.4. The Balaban J connectivity index is 2.89. The minimum absolute atomic E-state index is 0.153. The van der Waals surface area contributed by atoms with Crippen LogP contribution in [-0.4, -0.2) is 20.4 Å². The number of carbonyl (C=O) groups excluding carboxylic acids is 1. The van der Waals surface area contributed by atoms with E-state index < -0.39 is 22.0 Å². The molecule has 1 aromatic rings. The fourth-order valence-electron chi connectivity index (χ4n) is 2.22. The van der Waals surface area contributed by atoms with Crippen LogP contribution in [0.5, 0.6) is 0 Å². The zero-order valence-corrected chi connectivity index (χ0v) is 15.2. The van der Waals surface area contributed by atoms with Crippen LogP contribution in [0.2, 0.25) is 0 Å². The standard InChI is InChI=1S/C17H28N2O3S/c1-5-13(4)16(17(18)20)19-23(21,22)15-10-8-14(9-11-15)7-6-12(2)3/h8-13,16,19H,5-7H2,1-4H3,(H2,18,20). The van der Waals surface area contributed by atoms with Crippen LogP contribution in [-0.2, 0) is 21.2 Å². The van der Waals surface area contributed by atoms with Crippen molar-refractivity contribution in [3.63, 3.8) is 0 Å². The molecule has 0 radical (unpaired) electrons. The van der Waals surface area contributed by atoms with Crippen molar-refractivity contribution in [1.82, 2.24) is 4.72 Å². The third-order valence-electron chi connectivity index (χ3n) is 4.05. The first-order valence-corrected chi connectivity index (χ1v) is 9.56. The smallest absolute Gasteiger partial charge is 0.241 e. The van der Waals surface area contributed by atoms with Crippen LogP contribution in [0, 0.1) is 11.8 Å². The van der Waals surface area contributed by atoms with Crippen molar-refractivity contribution < 1.29 is 13.2 Å². The number of hydrogen-bond donors (Lipinski definition) is 2. The van der Waals surface area contributed by atoms with E-state index in [0.29, 0.717) is 12.3 Å². The van der Waals surface area contributed by atoms with E-state index in [1.165, 1.54) is 0 Å². The van der Waals surface area contributed by atoms with Crippen molar-refractivity contribution in [2.75, 3.05) is 0 Å². The van der Waals surface area contributed by atoms with Gasteiger partial charge in [-0.3, -0.25) is 4.79 Å². The zero-order chi connectivity index (χ0) is 17.6. The number of carbonyl (C=O) groups is 1. The Hall–Kier alpha value is -1.40. The summed E-state index contributed by atoms with van der Waals surface area (Å²) >= 11 is 0. The summed E-state index contributed by atoms with van der Waals surface area (Å²) in [6.45, 7) is 7.99. The average molecular weight is 340 g/mol. The Kier molecular flexibility index (Phi) is 7.22. The van der Waals surface area contributed by atoms with Crippen LogP contribution < -0.4 is 10.5 Å². The first kappa shape index (κ1) is 19.6. The summed E-state index contributed by atoms with van der Waals surface area (Å²) in [6.07, 6.45) is 2.63. The molecule has 2 atom stereocenters. The predicted octanol–water partition coefficient (Wildman–Crippen LogP) is 2.45. The van der Waals surface area contributed by atoms with Crippen molar-refractivity contribution >= 4 is 15.9 Å². The average Bonchev–Trinajstić information content (AvgIpc) is 2.50. The van der Waals surface area contributed by atoms with Crippen molar-refractivity contribution in [3.05, 3.63) is 29.8 Å². The number of amides is 1. The number of nitrogens with one attached hydrogen (secondary N) is 1. The van der Waals surface area contributed by atoms with Gasteiger partial charge in [0, 0.05) is 0 Å². The third-order valence-corrected chi connectivity index (χ3v) is 5.50. The van der Waals surface area contributed by atoms with E-state index in [9.17, 15) is 13.2 Å². The molecule has 23 heavy (non-hydrogen) atoms. The lowest BCUT2D eigenvalue weighted by Crippen LogP contribution is -2.48. The summed E-state index contributed by atoms with van der Waals surface area (Å²) < 4.78 is 27.3. The molecule has 3 N–H and O–H groups in total. The van der Waals surface area contributed by atoms with Crippen LogP contribution in [0.1, 0.15) is 46.1 Å². The highest BCUT2D eigenvalue weighted by Gasteiger charge is 2.27. The van der Waals surface area contributed by atoms with Crippen LogP contribution in [0.3, 0.4) is 0 Å². The number of nitrogens with two attached hydrogens (primary N) is 1. The predicted molar refractivity (Wildman–Crippen MR) is 92.4 cm³/mol. The molecule has 130 valence electrons. The van der Waals surface area contributed by atoms with Crippen LogP contribution in [0.4, 0.5) is 0 Å². The van der Waals surface area contributed by atoms with Gasteiger partial charge >= 0.3 is 0 Å². The van der Waals surface area contributed by atoms with Crippen molar-refractivity contribution in [2.24, 2.45) is 17.6 Å². The highest BCUT2D eigenvalue weighted by Crippen LogP contribution is 2.16. The summed E-state index contributed by atoms with van der Waals surface area (Å²) in [5, 5.41) is 0. The number of rotatable bonds is 9. The molecule has 0 aromatic heterocycles. The van der Waals surface area contributed by atoms with E-state index in [0.717, 1.165) is 18.4 Å². The molecule has 0 spiro atoms. The fraction of sp³-hybridized carbons (Fsp3) is 0.588. The summed E-state index contributed by atoms with van der Waals surface area (Å²) in [6, 6.07) is 5.89. The lowest BCUT2D eigenvalue weighted by Gasteiger charge is -2.21. The highest BCUT2D eigenvalue weighted by atomic mass is 32.2. The molecule has 6 heteroatoms. The lowest BCUT2D eigenvalue weighted by molar-refractivity contribution is -0.120. The molecule has 0 heterocycles. The number of benzene rings is 1. The first-order chi connectivity index (χ1) is 10.7. The zero-order valence-electron chi connectivity index (χ0n) is 14.4. The number of hydrogen-bond acceptors (Lipinski definition) is 3. The van der Waals surface area contributed by atoms with Crippen molar-refractivity contribution in [3.8, 4) is 0 Å². The van der Waals surface area contributed by atoms with Gasteiger partial charge in [0.2, 0.25) is 15.9 Å². The second-order valence-electron chi connectivity index (χ2n) is 6.46. The van der Waals surface area contributed by atoms with Gasteiger partial charge in [-0.15, -0.1) is 0 Å². The summed E-state index contributed by atoms with van der Waals surface area (Å²) in [5.74, 6) is -0.212. The van der Waals surface area contributed by atoms with Gasteiger partial charge in [0.05, 0.1) is 4.90 Å². The topological polar surface area (TPSA) is 89.3 Å². The van der Waals surface area contributed by atoms with Crippen LogP contribution in [0.15, 0.2) is 29.2 Å². The Morgan fingerprint density at radius 3 is 2.17 bits per heavy atom. The van der Waals surface area contributed by atoms with Gasteiger partial charge in [-0.05, 0) is 42.4 Å². The third kappa shape index (κ3) is 5.95. The van der Waals surface area contributed by atoms with Gasteiger partial charge in [-0.2, -0.15) is 4.72 Å². The maximum Gasteiger partial charge on any atom is 0.241 e. The minimum atomic E-state index is -3.76. The summed E-state index contributed by atoms with van der Waals surface area (Å²) in [5.41, 5.74) is 6.43. The molecule has 0 bridgehead atoms. The largest absolute Gasteiger partial charge is 0.368 e. The molecular weight excluding hydrogens is 312 g/mol. The van der Waals surface area contributed by atoms with Gasteiger partial charge in [0.1, 0.15) is 6.04 Å². The SMILES string of the molecule is CCC(C)C(NS(=O)(=O)c1ccc(CCC(C)C)cc1)C(N)=O. The first-order valence-electron chi connectivity index (χ1n) is 8.08. The molecule has 2 unspecified atom stereocenters. The maximum atomic E-state index is 12.4. The number of sulfonamides is 1. The molecule has 0 fully saturated rings. The van der Waals surface area contributed by atoms with E-state index >= 15 is 0 Å². The Labute approximate surface area is 139 Å². The number of aryl methyl sites for hydroxylation is 1. The van der Waals surface area contributed by atoms with Crippen molar-refractivity contribution in [2.45, 2.75) is 57.9 Å². The molecule has 0 aliphatic rings. The Morgan fingerprint density at radius 2 is 1.74 bits per heavy atom. The van der Waals surface area contributed by atoms with E-state index in [1.54, 1.807) is 19.1 Å². The molecule has 0 saturated heterocycles. The summed E-state index contributed by atoms with van der Waals surface area (Å²) in [7, 11) is -3.76. The molecule has 0 aliphatic heterocycles. The van der Waals surface area contributed by atoms with Gasteiger partial charge in [-0.1, -0.05) is 46.2 Å². The summed E-state index contributed by atoms with van der Waals surface area (Å²) in [4.78, 5) is 11.7.